The second kappa shape index (κ2) is 4.66. The number of rotatable bonds is 1. The third-order valence-corrected chi connectivity index (χ3v) is 1.16. The van der Waals surface area contributed by atoms with Crippen LogP contribution in [0, 0.1) is 0 Å². The number of carboxylic acid groups (broad SMARTS) is 1. The van der Waals surface area contributed by atoms with Gasteiger partial charge in [-0.3, -0.25) is 4.98 Å². The molecule has 1 rings (SSSR count). The Hall–Kier alpha value is -0.168. The van der Waals surface area contributed by atoms with Crippen molar-refractivity contribution >= 4 is 44.9 Å². The Morgan fingerprint density at radius 1 is 1.55 bits per heavy atom. The summed E-state index contributed by atoms with van der Waals surface area (Å²) in [5.41, 5.74) is 0.104. The normalized spacial score (nSPS) is 8.45. The van der Waals surface area contributed by atoms with Gasteiger partial charge in [-0.05, 0) is 6.07 Å². The molecule has 0 unspecified atom stereocenters. The Morgan fingerprint density at radius 3 is 2.55 bits per heavy atom. The molecular weight excluding hydrogens is 361 g/mol. The molecule has 0 aromatic carbocycles. The van der Waals surface area contributed by atoms with Crippen LogP contribution in [0.15, 0.2) is 18.5 Å². The number of aromatic nitrogens is 1. The first-order chi connectivity index (χ1) is 4.70. The van der Waals surface area contributed by atoms with E-state index in [1.165, 1.54) is 18.5 Å². The standard InChI is InChI=1S/C6H4ClNO2.Pb.2H/c7-5-1-4(6(9)10)2-8-3-5;;;/h1-3H,(H,9,10);;;. The summed E-state index contributed by atoms with van der Waals surface area (Å²) < 4.78 is 0. The van der Waals surface area contributed by atoms with E-state index >= 15 is 0 Å². The van der Waals surface area contributed by atoms with Crippen LogP contribution in [0.1, 0.15) is 10.4 Å². The first-order valence-electron chi connectivity index (χ1n) is 2.54. The number of pyridine rings is 1. The number of carbonyl (C=O) groups is 1. The molecule has 1 heterocycles. The number of carboxylic acids is 1. The molecular formula is C6H6ClNO2Pb. The first kappa shape index (κ1) is 10.8. The molecule has 0 aliphatic carbocycles. The van der Waals surface area contributed by atoms with E-state index in [0.29, 0.717) is 5.02 Å². The van der Waals surface area contributed by atoms with E-state index in [4.69, 9.17) is 16.7 Å². The van der Waals surface area contributed by atoms with E-state index in [2.05, 4.69) is 4.98 Å². The minimum atomic E-state index is -1.02. The maximum atomic E-state index is 10.3. The summed E-state index contributed by atoms with van der Waals surface area (Å²) in [7, 11) is 0. The quantitative estimate of drug-likeness (QED) is 0.737. The Balaban J connectivity index is 0.000001000. The van der Waals surface area contributed by atoms with Crippen molar-refractivity contribution in [3.8, 4) is 0 Å². The second-order valence-electron chi connectivity index (χ2n) is 1.70. The number of aromatic carboxylic acids is 1. The predicted molar refractivity (Wildman–Crippen MR) is 44.8 cm³/mol. The molecule has 0 atom stereocenters. The van der Waals surface area contributed by atoms with Crippen molar-refractivity contribution in [1.82, 2.24) is 4.98 Å². The van der Waals surface area contributed by atoms with Gasteiger partial charge in [0.05, 0.1) is 10.6 Å². The SMILES string of the molecule is O=C(O)c1cncc(Cl)c1.[PbH2]. The number of hydrogen-bond acceptors (Lipinski definition) is 2. The van der Waals surface area contributed by atoms with E-state index in [-0.39, 0.29) is 32.9 Å². The molecule has 0 saturated carbocycles. The monoisotopic (exact) mass is 367 g/mol. The Labute approximate surface area is 88.6 Å². The zero-order chi connectivity index (χ0) is 7.56. The third kappa shape index (κ3) is 3.15. The summed E-state index contributed by atoms with van der Waals surface area (Å²) >= 11 is 5.46. The molecule has 0 aliphatic rings. The molecule has 1 N–H and O–H groups in total. The van der Waals surface area contributed by atoms with Gasteiger partial charge in [0, 0.05) is 12.4 Å². The van der Waals surface area contributed by atoms with Crippen LogP contribution in [0.25, 0.3) is 0 Å². The summed E-state index contributed by atoms with van der Waals surface area (Å²) in [5.74, 6) is -1.02. The van der Waals surface area contributed by atoms with Gasteiger partial charge in [-0.2, -0.15) is 0 Å². The van der Waals surface area contributed by atoms with Crippen molar-refractivity contribution in [3.05, 3.63) is 29.0 Å². The van der Waals surface area contributed by atoms with E-state index in [1.54, 1.807) is 0 Å². The zero-order valence-electron chi connectivity index (χ0n) is 5.62. The Bertz CT molecular complexity index is 267. The molecule has 1 aromatic rings. The number of hydrogen-bond donors (Lipinski definition) is 1. The summed E-state index contributed by atoms with van der Waals surface area (Å²) in [5, 5.41) is 8.74. The molecule has 0 saturated heterocycles. The molecule has 0 bridgehead atoms. The van der Waals surface area contributed by atoms with Gasteiger partial charge < -0.3 is 5.11 Å². The van der Waals surface area contributed by atoms with Gasteiger partial charge in [0.15, 0.2) is 0 Å². The van der Waals surface area contributed by atoms with Gasteiger partial charge in [-0.1, -0.05) is 11.6 Å². The fourth-order valence-corrected chi connectivity index (χ4v) is 0.703. The van der Waals surface area contributed by atoms with Crippen molar-refractivity contribution < 1.29 is 9.90 Å². The fraction of sp³-hybridized carbons (Fsp3) is 0. The van der Waals surface area contributed by atoms with Crippen molar-refractivity contribution in [3.63, 3.8) is 0 Å². The van der Waals surface area contributed by atoms with E-state index < -0.39 is 5.97 Å². The first-order valence-corrected chi connectivity index (χ1v) is 2.92. The zero-order valence-corrected chi connectivity index (χ0v) is 11.9. The molecule has 5 heteroatoms. The van der Waals surface area contributed by atoms with Gasteiger partial charge in [-0.25, -0.2) is 4.79 Å². The van der Waals surface area contributed by atoms with E-state index in [0.717, 1.165) is 0 Å². The molecule has 0 fully saturated rings. The van der Waals surface area contributed by atoms with Gasteiger partial charge in [0.25, 0.3) is 0 Å². The summed E-state index contributed by atoms with van der Waals surface area (Å²) in [4.78, 5) is 13.8. The summed E-state index contributed by atoms with van der Waals surface area (Å²) in [6, 6.07) is 1.34. The molecule has 11 heavy (non-hydrogen) atoms. The van der Waals surface area contributed by atoms with Crippen LogP contribution in [0.5, 0.6) is 0 Å². The maximum absolute atomic E-state index is 10.3. The van der Waals surface area contributed by atoms with Gasteiger partial charge in [0.1, 0.15) is 0 Å². The minimum absolute atomic E-state index is 0. The molecule has 0 spiro atoms. The van der Waals surface area contributed by atoms with E-state index in [1.807, 2.05) is 0 Å². The van der Waals surface area contributed by atoms with Gasteiger partial charge >= 0.3 is 33.3 Å². The van der Waals surface area contributed by atoms with Crippen LogP contribution < -0.4 is 0 Å². The van der Waals surface area contributed by atoms with Crippen molar-refractivity contribution in [2.75, 3.05) is 0 Å². The van der Waals surface area contributed by atoms with Crippen LogP contribution in [-0.4, -0.2) is 43.4 Å². The van der Waals surface area contributed by atoms with E-state index in [9.17, 15) is 4.79 Å². The molecule has 1 aromatic heterocycles. The average Bonchev–Trinajstić information content (AvgIpc) is 1.88. The Morgan fingerprint density at radius 2 is 2.18 bits per heavy atom. The van der Waals surface area contributed by atoms with Crippen molar-refractivity contribution in [2.24, 2.45) is 0 Å². The van der Waals surface area contributed by atoms with Crippen molar-refractivity contribution in [1.29, 1.82) is 0 Å². The molecule has 58 valence electrons. The summed E-state index contributed by atoms with van der Waals surface area (Å²) in [6.07, 6.45) is 2.63. The van der Waals surface area contributed by atoms with Crippen LogP contribution in [-0.2, 0) is 0 Å². The second-order valence-corrected chi connectivity index (χ2v) is 2.13. The number of halogens is 1. The topological polar surface area (TPSA) is 50.2 Å². The van der Waals surface area contributed by atoms with Crippen LogP contribution in [0.4, 0.5) is 0 Å². The van der Waals surface area contributed by atoms with Crippen LogP contribution >= 0.6 is 11.6 Å². The molecule has 2 radical (unpaired) electrons. The average molecular weight is 367 g/mol. The third-order valence-electron chi connectivity index (χ3n) is 0.952. The van der Waals surface area contributed by atoms with Crippen LogP contribution in [0.3, 0.4) is 0 Å². The van der Waals surface area contributed by atoms with Gasteiger partial charge in [0.2, 0.25) is 0 Å². The molecule has 0 aliphatic heterocycles. The van der Waals surface area contributed by atoms with Crippen molar-refractivity contribution in [2.45, 2.75) is 0 Å². The van der Waals surface area contributed by atoms with Gasteiger partial charge in [-0.15, -0.1) is 0 Å². The van der Waals surface area contributed by atoms with Crippen LogP contribution in [0.2, 0.25) is 5.02 Å². The predicted octanol–water partition coefficient (Wildman–Crippen LogP) is 0.517. The molecule has 3 nitrogen and oxygen atoms in total. The molecule has 0 amide bonds. The Kier molecular flexibility index (Phi) is 4.59. The summed E-state index contributed by atoms with van der Waals surface area (Å²) in [6.45, 7) is 0. The number of nitrogens with zero attached hydrogens (tertiary/aromatic N) is 1. The fourth-order valence-electron chi connectivity index (χ4n) is 0.529.